The number of aliphatic hydroxyl groups excluding tert-OH is 1. The van der Waals surface area contributed by atoms with Gasteiger partial charge in [-0.05, 0) is 68.2 Å². The molecule has 8 nitrogen and oxygen atoms in total. The molecule has 1 aromatic carbocycles. The molecule has 3 fully saturated rings. The van der Waals surface area contributed by atoms with Crippen LogP contribution in [0, 0.1) is 35.5 Å². The summed E-state index contributed by atoms with van der Waals surface area (Å²) in [6.07, 6.45) is 4.66. The number of halogens is 1. The summed E-state index contributed by atoms with van der Waals surface area (Å²) < 4.78 is 31.5. The monoisotopic (exact) mass is 620 g/mol. The van der Waals surface area contributed by atoms with Crippen LogP contribution in [0.25, 0.3) is 11.8 Å². The topological polar surface area (TPSA) is 108 Å². The van der Waals surface area contributed by atoms with Crippen molar-refractivity contribution in [2.24, 2.45) is 28.6 Å². The molecule has 1 aromatic heterocycles. The molecule has 9 heteroatoms. The van der Waals surface area contributed by atoms with E-state index in [4.69, 9.17) is 14.6 Å². The molecule has 0 bridgehead atoms. The zero-order valence-electron chi connectivity index (χ0n) is 27.2. The number of esters is 2. The third-order valence-electron chi connectivity index (χ3n) is 12.0. The minimum atomic E-state index is -1.98. The van der Waals surface area contributed by atoms with Crippen molar-refractivity contribution in [2.75, 3.05) is 6.61 Å². The Labute approximate surface area is 264 Å². The summed E-state index contributed by atoms with van der Waals surface area (Å²) in [4.78, 5) is 39.0. The number of Topliss-reactive ketones (excluding diaryl/α,β-unsaturated/α-hetero) is 1. The van der Waals surface area contributed by atoms with E-state index in [-0.39, 0.29) is 25.2 Å². The Morgan fingerprint density at radius 2 is 1.82 bits per heavy atom. The largest absolute Gasteiger partial charge is 0.457 e. The molecular formula is C36H45FN2O6. The van der Waals surface area contributed by atoms with Gasteiger partial charge in [-0.25, -0.2) is 9.07 Å². The number of aromatic nitrogens is 2. The number of carbonyl (C=O) groups excluding carboxylic acids is 3. The number of para-hydroxylation sites is 1. The number of ether oxygens (including phenoxy) is 2. The highest BCUT2D eigenvalue weighted by Crippen LogP contribution is 2.72. The van der Waals surface area contributed by atoms with Gasteiger partial charge in [-0.1, -0.05) is 58.4 Å². The van der Waals surface area contributed by atoms with Gasteiger partial charge >= 0.3 is 11.9 Å². The van der Waals surface area contributed by atoms with Gasteiger partial charge in [0.2, 0.25) is 5.78 Å². The lowest BCUT2D eigenvalue weighted by atomic mass is 9.43. The summed E-state index contributed by atoms with van der Waals surface area (Å²) in [5, 5.41) is 16.9. The van der Waals surface area contributed by atoms with Gasteiger partial charge in [0.1, 0.15) is 5.67 Å². The van der Waals surface area contributed by atoms with Gasteiger partial charge in [0, 0.05) is 41.7 Å². The van der Waals surface area contributed by atoms with Crippen LogP contribution in [0.2, 0.25) is 0 Å². The summed E-state index contributed by atoms with van der Waals surface area (Å²) in [6.45, 7) is 10.5. The van der Waals surface area contributed by atoms with Gasteiger partial charge in [-0.15, -0.1) is 0 Å². The molecule has 4 aliphatic rings. The van der Waals surface area contributed by atoms with Crippen molar-refractivity contribution >= 4 is 23.8 Å². The standard InChI is InChI=1S/C36H45FN2O6/c1-7-31(42)44-20-30(41)36(45-32(43)8-2)22(4)15-26-25-14-13-24-16-27-23(19-39(38-27)28-12-10-9-11-21(28)3)17-33(24,5)35(25,37)29(40)18-34(26,36)6/h9-12,16,19,22,25-26,29,40H,7-8,13-15,17-18,20H2,1-6H3/t22-,25-,26-,29-,33-,34-,35-,36-/m0/s1. The maximum absolute atomic E-state index is 18.3. The Hall–Kier alpha value is -3.33. The molecule has 3 saturated carbocycles. The Balaban J connectivity index is 1.39. The molecule has 4 aliphatic carbocycles. The van der Waals surface area contributed by atoms with Gasteiger partial charge in [-0.2, -0.15) is 5.10 Å². The molecule has 8 atom stereocenters. The van der Waals surface area contributed by atoms with Crippen LogP contribution in [-0.4, -0.2) is 56.6 Å². The van der Waals surface area contributed by atoms with Crippen LogP contribution in [0.15, 0.2) is 36.0 Å². The number of allylic oxidation sites excluding steroid dienone is 1. The van der Waals surface area contributed by atoms with Crippen molar-refractivity contribution in [3.63, 3.8) is 0 Å². The molecule has 0 amide bonds. The third-order valence-corrected chi connectivity index (χ3v) is 12.0. The Morgan fingerprint density at radius 1 is 1.11 bits per heavy atom. The highest BCUT2D eigenvalue weighted by Gasteiger charge is 2.77. The predicted octanol–water partition coefficient (Wildman–Crippen LogP) is 5.89. The van der Waals surface area contributed by atoms with E-state index < -0.39 is 64.4 Å². The summed E-state index contributed by atoms with van der Waals surface area (Å²) in [7, 11) is 0. The van der Waals surface area contributed by atoms with Crippen LogP contribution in [0.4, 0.5) is 4.39 Å². The van der Waals surface area contributed by atoms with Crippen LogP contribution in [0.5, 0.6) is 0 Å². The van der Waals surface area contributed by atoms with E-state index in [1.807, 2.05) is 68.9 Å². The van der Waals surface area contributed by atoms with Crippen molar-refractivity contribution in [3.8, 4) is 5.69 Å². The smallest absolute Gasteiger partial charge is 0.306 e. The molecule has 242 valence electrons. The molecule has 0 spiro atoms. The van der Waals surface area contributed by atoms with E-state index in [2.05, 4.69) is 0 Å². The van der Waals surface area contributed by atoms with Crippen LogP contribution < -0.4 is 0 Å². The first-order chi connectivity index (χ1) is 21.3. The zero-order chi connectivity index (χ0) is 32.5. The van der Waals surface area contributed by atoms with Crippen molar-refractivity contribution in [1.82, 2.24) is 9.78 Å². The number of hydrogen-bond acceptors (Lipinski definition) is 7. The Morgan fingerprint density at radius 3 is 2.51 bits per heavy atom. The average Bonchev–Trinajstić information content (AvgIpc) is 3.50. The molecule has 6 rings (SSSR count). The number of aryl methyl sites for hydroxylation is 1. The van der Waals surface area contributed by atoms with E-state index in [9.17, 15) is 19.5 Å². The number of aliphatic hydroxyl groups is 1. The summed E-state index contributed by atoms with van der Waals surface area (Å²) in [6, 6.07) is 8.00. The lowest BCUT2D eigenvalue weighted by Gasteiger charge is -2.63. The van der Waals surface area contributed by atoms with Gasteiger partial charge in [0.15, 0.2) is 12.2 Å². The quantitative estimate of drug-likeness (QED) is 0.385. The Bertz CT molecular complexity index is 1580. The van der Waals surface area contributed by atoms with Gasteiger partial charge in [0.25, 0.3) is 0 Å². The van der Waals surface area contributed by atoms with Crippen molar-refractivity contribution in [3.05, 3.63) is 52.9 Å². The molecule has 0 radical (unpaired) electrons. The highest BCUT2D eigenvalue weighted by atomic mass is 19.1. The van der Waals surface area contributed by atoms with Crippen molar-refractivity contribution in [1.29, 1.82) is 0 Å². The normalized spacial score (nSPS) is 36.6. The maximum atomic E-state index is 18.3. The lowest BCUT2D eigenvalue weighted by molar-refractivity contribution is -0.234. The fourth-order valence-electron chi connectivity index (χ4n) is 9.79. The second kappa shape index (κ2) is 10.9. The highest BCUT2D eigenvalue weighted by molar-refractivity contribution is 5.93. The summed E-state index contributed by atoms with van der Waals surface area (Å²) in [5.41, 5.74) is -0.914. The minimum absolute atomic E-state index is 0.0566. The predicted molar refractivity (Wildman–Crippen MR) is 166 cm³/mol. The van der Waals surface area contributed by atoms with Crippen LogP contribution in [0.3, 0.4) is 0 Å². The van der Waals surface area contributed by atoms with Crippen LogP contribution >= 0.6 is 0 Å². The summed E-state index contributed by atoms with van der Waals surface area (Å²) in [5.74, 6) is -2.95. The second-order valence-corrected chi connectivity index (χ2v) is 14.2. The van der Waals surface area contributed by atoms with E-state index in [0.717, 1.165) is 28.1 Å². The zero-order valence-corrected chi connectivity index (χ0v) is 27.2. The molecule has 45 heavy (non-hydrogen) atoms. The van der Waals surface area contributed by atoms with Crippen molar-refractivity contribution < 1.29 is 33.4 Å². The molecule has 2 aromatic rings. The van der Waals surface area contributed by atoms with Gasteiger partial charge < -0.3 is 14.6 Å². The number of nitrogens with zero attached hydrogens (tertiary/aromatic N) is 2. The average molecular weight is 621 g/mol. The lowest BCUT2D eigenvalue weighted by Crippen LogP contribution is -2.70. The number of rotatable bonds is 7. The number of fused-ring (bicyclic) bond motifs is 6. The third kappa shape index (κ3) is 4.32. The van der Waals surface area contributed by atoms with E-state index >= 15 is 4.39 Å². The number of benzene rings is 1. The second-order valence-electron chi connectivity index (χ2n) is 14.2. The number of alkyl halides is 1. The van der Waals surface area contributed by atoms with Crippen LogP contribution in [0.1, 0.15) is 90.0 Å². The SMILES string of the molecule is CCC(=O)OCC(=O)[C@@]1(OC(=O)CC)[C@@H](C)C[C@H]2[C@@H]3CCC4=Cc5nn(-c6ccccc6C)cc5C[C@]4(C)[C@@]3(F)[C@@H](O)C[C@@]21C. The van der Waals surface area contributed by atoms with Gasteiger partial charge in [0.05, 0.1) is 17.5 Å². The number of hydrogen-bond donors (Lipinski definition) is 1. The van der Waals surface area contributed by atoms with E-state index in [1.165, 1.54) is 0 Å². The molecule has 0 unspecified atom stereocenters. The first-order valence-electron chi connectivity index (χ1n) is 16.4. The molecular weight excluding hydrogens is 575 g/mol. The fourth-order valence-corrected chi connectivity index (χ4v) is 9.79. The van der Waals surface area contributed by atoms with Crippen molar-refractivity contribution in [2.45, 2.75) is 104 Å². The first-order valence-corrected chi connectivity index (χ1v) is 16.4. The summed E-state index contributed by atoms with van der Waals surface area (Å²) >= 11 is 0. The Kier molecular flexibility index (Phi) is 7.66. The number of carbonyl (C=O) groups is 3. The first kappa shape index (κ1) is 31.6. The maximum Gasteiger partial charge on any atom is 0.306 e. The molecule has 1 N–H and O–H groups in total. The van der Waals surface area contributed by atoms with Gasteiger partial charge in [-0.3, -0.25) is 14.4 Å². The minimum Gasteiger partial charge on any atom is -0.457 e. The van der Waals surface area contributed by atoms with E-state index in [0.29, 0.717) is 25.7 Å². The molecule has 0 aliphatic heterocycles. The molecule has 0 saturated heterocycles. The van der Waals surface area contributed by atoms with Crippen LogP contribution in [-0.2, 0) is 30.3 Å². The fraction of sp³-hybridized carbons (Fsp3) is 0.611. The molecule has 1 heterocycles. The van der Waals surface area contributed by atoms with E-state index in [1.54, 1.807) is 13.8 Å². The number of ketones is 1.